The van der Waals surface area contributed by atoms with Gasteiger partial charge in [-0.1, -0.05) is 31.2 Å². The molecule has 1 aliphatic rings. The van der Waals surface area contributed by atoms with Crippen LogP contribution in [-0.4, -0.2) is 12.5 Å². The Bertz CT molecular complexity index is 855. The fourth-order valence-corrected chi connectivity index (χ4v) is 3.40. The van der Waals surface area contributed by atoms with Crippen LogP contribution in [-0.2, 0) is 23.9 Å². The number of rotatable bonds is 4. The van der Waals surface area contributed by atoms with Gasteiger partial charge in [0.05, 0.1) is 11.3 Å². The number of halogens is 5. The predicted molar refractivity (Wildman–Crippen MR) is 102 cm³/mol. The zero-order chi connectivity index (χ0) is 19.6. The number of alkyl halides is 3. The quantitative estimate of drug-likeness (QED) is 0.685. The molecule has 1 amide bonds. The topological polar surface area (TPSA) is 41.1 Å². The second-order valence-electron chi connectivity index (χ2n) is 6.73. The number of carbonyl (C=O) groups is 1. The number of anilines is 1. The first-order valence-corrected chi connectivity index (χ1v) is 8.74. The van der Waals surface area contributed by atoms with Gasteiger partial charge in [0.2, 0.25) is 5.91 Å². The number of amides is 1. The molecule has 0 radical (unpaired) electrons. The summed E-state index contributed by atoms with van der Waals surface area (Å²) in [6, 6.07) is 8.44. The smallest absolute Gasteiger partial charge is 0.324 e. The molecule has 28 heavy (non-hydrogen) atoms. The van der Waals surface area contributed by atoms with Crippen LogP contribution < -0.4 is 10.6 Å². The predicted octanol–water partition coefficient (Wildman–Crippen LogP) is 5.04. The molecule has 2 aromatic rings. The van der Waals surface area contributed by atoms with Crippen LogP contribution in [0.2, 0.25) is 0 Å². The fraction of sp³-hybridized carbons (Fsp3) is 0.350. The molecule has 1 atom stereocenters. The van der Waals surface area contributed by atoms with Crippen molar-refractivity contribution in [1.29, 1.82) is 0 Å². The van der Waals surface area contributed by atoms with Crippen molar-refractivity contribution in [2.75, 3.05) is 11.9 Å². The van der Waals surface area contributed by atoms with E-state index in [1.54, 1.807) is 13.0 Å². The first-order chi connectivity index (χ1) is 12.8. The number of carbonyl (C=O) groups excluding carboxylic acids is 1. The molecule has 0 spiro atoms. The summed E-state index contributed by atoms with van der Waals surface area (Å²) in [5.74, 6) is -1.65. The van der Waals surface area contributed by atoms with E-state index < -0.39 is 29.4 Å². The summed E-state index contributed by atoms with van der Waals surface area (Å²) in [5, 5.41) is 5.65. The molecule has 152 valence electrons. The molecule has 0 saturated heterocycles. The Kier molecular flexibility index (Phi) is 7.06. The Morgan fingerprint density at radius 3 is 2.64 bits per heavy atom. The van der Waals surface area contributed by atoms with Crippen molar-refractivity contribution in [2.24, 2.45) is 0 Å². The molecule has 2 aromatic carbocycles. The zero-order valence-electron chi connectivity index (χ0n) is 15.2. The molecule has 2 N–H and O–H groups in total. The van der Waals surface area contributed by atoms with E-state index in [2.05, 4.69) is 10.6 Å². The minimum absolute atomic E-state index is 0. The molecule has 1 aliphatic heterocycles. The summed E-state index contributed by atoms with van der Waals surface area (Å²) in [6.45, 7) is 2.79. The maximum atomic E-state index is 14.6. The summed E-state index contributed by atoms with van der Waals surface area (Å²) in [6.07, 6.45) is -4.13. The highest BCUT2D eigenvalue weighted by atomic mass is 35.5. The summed E-state index contributed by atoms with van der Waals surface area (Å²) in [7, 11) is 0. The lowest BCUT2D eigenvalue weighted by atomic mass is 9.92. The van der Waals surface area contributed by atoms with Gasteiger partial charge in [-0.25, -0.2) is 4.39 Å². The van der Waals surface area contributed by atoms with E-state index in [0.717, 1.165) is 11.6 Å². The number of nitrogens with one attached hydrogen (secondary N) is 2. The summed E-state index contributed by atoms with van der Waals surface area (Å²) >= 11 is 0. The normalized spacial score (nSPS) is 14.6. The molecule has 0 bridgehead atoms. The number of fused-ring (bicyclic) bond motifs is 1. The van der Waals surface area contributed by atoms with Gasteiger partial charge in [0, 0.05) is 13.0 Å². The fourth-order valence-electron chi connectivity index (χ4n) is 3.40. The maximum absolute atomic E-state index is 14.6. The van der Waals surface area contributed by atoms with Gasteiger partial charge in [-0.3, -0.25) is 4.79 Å². The van der Waals surface area contributed by atoms with Gasteiger partial charge in [0.25, 0.3) is 0 Å². The SMILES string of the molecule is CC(CC(=O)Nc1ccc2c(c1F)CCNC2)c1ccccc1C(F)(F)F.Cl. The highest BCUT2D eigenvalue weighted by Gasteiger charge is 2.34. The Balaban J connectivity index is 0.00000280. The second-order valence-corrected chi connectivity index (χ2v) is 6.73. The molecule has 8 heteroatoms. The van der Waals surface area contributed by atoms with Crippen LogP contribution in [0.15, 0.2) is 36.4 Å². The molecule has 0 saturated carbocycles. The van der Waals surface area contributed by atoms with E-state index in [1.807, 2.05) is 0 Å². The van der Waals surface area contributed by atoms with Crippen molar-refractivity contribution in [3.8, 4) is 0 Å². The summed E-state index contributed by atoms with van der Waals surface area (Å²) in [5.41, 5.74) is 0.790. The molecule has 0 aromatic heterocycles. The number of benzene rings is 2. The van der Waals surface area contributed by atoms with E-state index >= 15 is 0 Å². The summed E-state index contributed by atoms with van der Waals surface area (Å²) in [4.78, 5) is 12.3. The van der Waals surface area contributed by atoms with Gasteiger partial charge in [0.1, 0.15) is 5.82 Å². The van der Waals surface area contributed by atoms with Crippen LogP contribution in [0.1, 0.15) is 41.5 Å². The van der Waals surface area contributed by atoms with Crippen LogP contribution in [0.25, 0.3) is 0 Å². The molecule has 1 heterocycles. The monoisotopic (exact) mass is 416 g/mol. The number of hydrogen-bond donors (Lipinski definition) is 2. The van der Waals surface area contributed by atoms with Gasteiger partial charge < -0.3 is 10.6 Å². The lowest BCUT2D eigenvalue weighted by Crippen LogP contribution is -2.25. The molecule has 3 nitrogen and oxygen atoms in total. The Morgan fingerprint density at radius 2 is 1.93 bits per heavy atom. The van der Waals surface area contributed by atoms with Crippen molar-refractivity contribution >= 4 is 24.0 Å². The molecule has 0 fully saturated rings. The molecule has 0 aliphatic carbocycles. The highest BCUT2D eigenvalue weighted by Crippen LogP contribution is 2.36. The minimum Gasteiger partial charge on any atom is -0.324 e. The molecular weight excluding hydrogens is 396 g/mol. The van der Waals surface area contributed by atoms with Crippen LogP contribution >= 0.6 is 12.4 Å². The first kappa shape index (κ1) is 22.2. The third kappa shape index (κ3) is 4.83. The van der Waals surface area contributed by atoms with Gasteiger partial charge in [-0.2, -0.15) is 13.2 Å². The third-order valence-corrected chi connectivity index (χ3v) is 4.77. The highest BCUT2D eigenvalue weighted by molar-refractivity contribution is 5.91. The van der Waals surface area contributed by atoms with Crippen molar-refractivity contribution in [2.45, 2.75) is 38.4 Å². The standard InChI is InChI=1S/C20H20F4N2O.ClH/c1-12(14-4-2-3-5-16(14)20(22,23)24)10-18(27)26-17-7-6-13-11-25-9-8-15(13)19(17)21;/h2-7,12,25H,8-11H2,1H3,(H,26,27);1H. The Hall–Kier alpha value is -2.12. The molecular formula is C20H21ClF4N2O. The largest absolute Gasteiger partial charge is 0.416 e. The van der Waals surface area contributed by atoms with E-state index in [4.69, 9.17) is 0 Å². The lowest BCUT2D eigenvalue weighted by Gasteiger charge is -2.20. The molecule has 1 unspecified atom stereocenters. The van der Waals surface area contributed by atoms with Crippen LogP contribution in [0.4, 0.5) is 23.2 Å². The second kappa shape index (κ2) is 8.92. The van der Waals surface area contributed by atoms with E-state index in [-0.39, 0.29) is 30.1 Å². The van der Waals surface area contributed by atoms with Crippen LogP contribution in [0.5, 0.6) is 0 Å². The summed E-state index contributed by atoms with van der Waals surface area (Å²) < 4.78 is 54.1. The van der Waals surface area contributed by atoms with Crippen molar-refractivity contribution in [1.82, 2.24) is 5.32 Å². The maximum Gasteiger partial charge on any atom is 0.416 e. The van der Waals surface area contributed by atoms with Gasteiger partial charge in [0.15, 0.2) is 0 Å². The van der Waals surface area contributed by atoms with E-state index in [0.29, 0.717) is 25.1 Å². The Morgan fingerprint density at radius 1 is 1.21 bits per heavy atom. The van der Waals surface area contributed by atoms with E-state index in [9.17, 15) is 22.4 Å². The van der Waals surface area contributed by atoms with Crippen LogP contribution in [0.3, 0.4) is 0 Å². The lowest BCUT2D eigenvalue weighted by molar-refractivity contribution is -0.138. The zero-order valence-corrected chi connectivity index (χ0v) is 16.0. The van der Waals surface area contributed by atoms with Gasteiger partial charge >= 0.3 is 6.18 Å². The average molecular weight is 417 g/mol. The third-order valence-electron chi connectivity index (χ3n) is 4.77. The number of hydrogen-bond acceptors (Lipinski definition) is 2. The van der Waals surface area contributed by atoms with Crippen LogP contribution in [0, 0.1) is 5.82 Å². The van der Waals surface area contributed by atoms with Gasteiger partial charge in [-0.15, -0.1) is 12.4 Å². The molecule has 3 rings (SSSR count). The van der Waals surface area contributed by atoms with Crippen molar-refractivity contribution in [3.05, 3.63) is 64.5 Å². The van der Waals surface area contributed by atoms with E-state index in [1.165, 1.54) is 24.3 Å². The first-order valence-electron chi connectivity index (χ1n) is 8.74. The Labute approximate surface area is 166 Å². The van der Waals surface area contributed by atoms with Gasteiger partial charge in [-0.05, 0) is 47.7 Å². The van der Waals surface area contributed by atoms with Crippen molar-refractivity contribution < 1.29 is 22.4 Å². The minimum atomic E-state index is -4.49. The average Bonchev–Trinajstić information content (AvgIpc) is 2.63. The van der Waals surface area contributed by atoms with Crippen molar-refractivity contribution in [3.63, 3.8) is 0 Å².